The van der Waals surface area contributed by atoms with Crippen LogP contribution in [0.5, 0.6) is 5.75 Å². The average molecular weight is 393 g/mol. The van der Waals surface area contributed by atoms with Crippen molar-refractivity contribution in [3.05, 3.63) is 73.1 Å². The predicted molar refractivity (Wildman–Crippen MR) is 110 cm³/mol. The Labute approximate surface area is 169 Å². The van der Waals surface area contributed by atoms with Crippen molar-refractivity contribution >= 4 is 16.9 Å². The number of fused-ring (bicyclic) bond motifs is 1. The molecule has 3 rings (SSSR count). The third kappa shape index (κ3) is 3.77. The van der Waals surface area contributed by atoms with E-state index in [1.54, 1.807) is 25.1 Å². The second-order valence-electron chi connectivity index (χ2n) is 7.59. The van der Waals surface area contributed by atoms with Crippen LogP contribution < -0.4 is 15.5 Å². The molecular weight excluding hydrogens is 368 g/mol. The standard InChI is InChI=1S/C24H26O5/c1-12-13(2)15(4)21(16(5)14(12)3)11-28-18-7-8-19-17(6)20(10-23(25)26)24(27)29-22(19)9-18/h7-9H,10-11H2,1-6H3,(H,25,26)/p-1. The minimum Gasteiger partial charge on any atom is -0.550 e. The van der Waals surface area contributed by atoms with Crippen molar-refractivity contribution in [2.45, 2.75) is 54.6 Å². The Bertz CT molecular complexity index is 1160. The minimum absolute atomic E-state index is 0.114. The van der Waals surface area contributed by atoms with E-state index in [-0.39, 0.29) is 5.56 Å². The monoisotopic (exact) mass is 393 g/mol. The van der Waals surface area contributed by atoms with E-state index < -0.39 is 18.0 Å². The van der Waals surface area contributed by atoms with E-state index in [1.165, 1.54) is 27.8 Å². The molecule has 5 heteroatoms. The molecular formula is C24H25O5-. The van der Waals surface area contributed by atoms with Gasteiger partial charge in [-0.2, -0.15) is 0 Å². The number of carbonyl (C=O) groups excluding carboxylic acids is 1. The molecule has 0 saturated heterocycles. The fourth-order valence-electron chi connectivity index (χ4n) is 3.76. The van der Waals surface area contributed by atoms with Gasteiger partial charge in [-0.25, -0.2) is 4.79 Å². The van der Waals surface area contributed by atoms with Gasteiger partial charge in [0.2, 0.25) is 0 Å². The summed E-state index contributed by atoms with van der Waals surface area (Å²) in [7, 11) is 0. The SMILES string of the molecule is Cc1c(C)c(C)c(COc2ccc3c(C)c(CC(=O)[O-])c(=O)oc3c2)c(C)c1C. The van der Waals surface area contributed by atoms with Crippen molar-refractivity contribution in [3.8, 4) is 5.75 Å². The molecule has 5 nitrogen and oxygen atoms in total. The highest BCUT2D eigenvalue weighted by molar-refractivity contribution is 5.83. The van der Waals surface area contributed by atoms with Gasteiger partial charge >= 0.3 is 5.63 Å². The quantitative estimate of drug-likeness (QED) is 0.620. The van der Waals surface area contributed by atoms with Gasteiger partial charge in [-0.15, -0.1) is 0 Å². The van der Waals surface area contributed by atoms with E-state index in [4.69, 9.17) is 9.15 Å². The first kappa shape index (κ1) is 20.6. The Morgan fingerprint density at radius 3 is 2.07 bits per heavy atom. The van der Waals surface area contributed by atoms with Gasteiger partial charge < -0.3 is 19.1 Å². The van der Waals surface area contributed by atoms with Crippen molar-refractivity contribution in [3.63, 3.8) is 0 Å². The summed E-state index contributed by atoms with van der Waals surface area (Å²) < 4.78 is 11.4. The number of rotatable bonds is 5. The van der Waals surface area contributed by atoms with Crippen LogP contribution in [0.3, 0.4) is 0 Å². The number of carboxylic acids is 1. The summed E-state index contributed by atoms with van der Waals surface area (Å²) in [4.78, 5) is 23.1. The number of hydrogen-bond acceptors (Lipinski definition) is 5. The highest BCUT2D eigenvalue weighted by atomic mass is 16.5. The molecule has 0 aliphatic heterocycles. The van der Waals surface area contributed by atoms with E-state index in [1.807, 2.05) is 0 Å². The van der Waals surface area contributed by atoms with Gasteiger partial charge in [-0.3, -0.25) is 0 Å². The molecule has 0 aliphatic carbocycles. The lowest BCUT2D eigenvalue weighted by molar-refractivity contribution is -0.304. The Balaban J connectivity index is 1.95. The summed E-state index contributed by atoms with van der Waals surface area (Å²) in [6, 6.07) is 5.26. The molecule has 0 radical (unpaired) electrons. The van der Waals surface area contributed by atoms with Crippen LogP contribution in [-0.2, 0) is 17.8 Å². The van der Waals surface area contributed by atoms with Crippen molar-refractivity contribution in [1.82, 2.24) is 0 Å². The molecule has 0 saturated carbocycles. The molecule has 1 aromatic heterocycles. The molecule has 0 atom stereocenters. The van der Waals surface area contributed by atoms with Crippen LogP contribution in [0.1, 0.15) is 44.5 Å². The molecule has 3 aromatic rings. The first-order valence-corrected chi connectivity index (χ1v) is 9.56. The van der Waals surface area contributed by atoms with E-state index in [2.05, 4.69) is 34.6 Å². The number of ether oxygens (including phenoxy) is 1. The highest BCUT2D eigenvalue weighted by Gasteiger charge is 2.15. The number of aliphatic carboxylic acids is 1. The molecule has 0 N–H and O–H groups in total. The summed E-state index contributed by atoms with van der Waals surface area (Å²) in [5, 5.41) is 11.6. The second-order valence-corrected chi connectivity index (χ2v) is 7.59. The van der Waals surface area contributed by atoms with E-state index >= 15 is 0 Å². The zero-order chi connectivity index (χ0) is 21.5. The van der Waals surface area contributed by atoms with Gasteiger partial charge in [0.15, 0.2) is 0 Å². The Morgan fingerprint density at radius 2 is 1.48 bits per heavy atom. The van der Waals surface area contributed by atoms with Crippen LogP contribution in [-0.4, -0.2) is 5.97 Å². The van der Waals surface area contributed by atoms with Crippen molar-refractivity contribution < 1.29 is 19.1 Å². The second kappa shape index (κ2) is 7.74. The lowest BCUT2D eigenvalue weighted by Gasteiger charge is -2.19. The lowest BCUT2D eigenvalue weighted by Crippen LogP contribution is -2.27. The lowest BCUT2D eigenvalue weighted by atomic mass is 9.90. The molecule has 0 fully saturated rings. The molecule has 0 amide bonds. The zero-order valence-electron chi connectivity index (χ0n) is 17.7. The van der Waals surface area contributed by atoms with Crippen LogP contribution in [0.15, 0.2) is 27.4 Å². The van der Waals surface area contributed by atoms with E-state index in [9.17, 15) is 14.7 Å². The summed E-state index contributed by atoms with van der Waals surface area (Å²) >= 11 is 0. The predicted octanol–water partition coefficient (Wildman–Crippen LogP) is 3.51. The summed E-state index contributed by atoms with van der Waals surface area (Å²) in [5.74, 6) is -0.725. The number of carbonyl (C=O) groups is 1. The van der Waals surface area contributed by atoms with Crippen LogP contribution >= 0.6 is 0 Å². The van der Waals surface area contributed by atoms with Gasteiger partial charge in [0.25, 0.3) is 0 Å². The summed E-state index contributed by atoms with van der Waals surface area (Å²) in [6.45, 7) is 12.7. The Kier molecular flexibility index (Phi) is 5.51. The number of aryl methyl sites for hydroxylation is 1. The molecule has 0 spiro atoms. The average Bonchev–Trinajstić information content (AvgIpc) is 2.67. The van der Waals surface area contributed by atoms with Gasteiger partial charge in [0.1, 0.15) is 17.9 Å². The highest BCUT2D eigenvalue weighted by Crippen LogP contribution is 2.29. The number of hydrogen-bond donors (Lipinski definition) is 0. The van der Waals surface area contributed by atoms with E-state index in [0.717, 1.165) is 5.56 Å². The van der Waals surface area contributed by atoms with Crippen LogP contribution in [0, 0.1) is 41.5 Å². The topological polar surface area (TPSA) is 79.6 Å². The third-order valence-corrected chi connectivity index (χ3v) is 6.12. The molecule has 0 unspecified atom stereocenters. The minimum atomic E-state index is -1.31. The maximum Gasteiger partial charge on any atom is 0.340 e. The molecule has 2 aromatic carbocycles. The van der Waals surface area contributed by atoms with Crippen molar-refractivity contribution in [2.24, 2.45) is 0 Å². The normalized spacial score (nSPS) is 11.1. The first-order chi connectivity index (χ1) is 13.6. The summed E-state index contributed by atoms with van der Waals surface area (Å²) in [6.07, 6.45) is -0.465. The largest absolute Gasteiger partial charge is 0.550 e. The molecule has 0 aliphatic rings. The Hall–Kier alpha value is -3.08. The van der Waals surface area contributed by atoms with Gasteiger partial charge in [0.05, 0.1) is 0 Å². The third-order valence-electron chi connectivity index (χ3n) is 6.12. The van der Waals surface area contributed by atoms with Crippen LogP contribution in [0.2, 0.25) is 0 Å². The number of benzene rings is 2. The molecule has 152 valence electrons. The van der Waals surface area contributed by atoms with Crippen molar-refractivity contribution in [2.75, 3.05) is 0 Å². The fourth-order valence-corrected chi connectivity index (χ4v) is 3.76. The maximum absolute atomic E-state index is 12.2. The summed E-state index contributed by atoms with van der Waals surface area (Å²) in [5.41, 5.74) is 7.86. The smallest absolute Gasteiger partial charge is 0.340 e. The molecule has 0 bridgehead atoms. The molecule has 1 heterocycles. The van der Waals surface area contributed by atoms with Gasteiger partial charge in [-0.1, -0.05) is 0 Å². The Morgan fingerprint density at radius 1 is 0.897 bits per heavy atom. The first-order valence-electron chi connectivity index (χ1n) is 9.56. The maximum atomic E-state index is 12.2. The van der Waals surface area contributed by atoms with Gasteiger partial charge in [0, 0.05) is 29.4 Å². The fraction of sp³-hybridized carbons (Fsp3) is 0.333. The van der Waals surface area contributed by atoms with Crippen molar-refractivity contribution in [1.29, 1.82) is 0 Å². The molecule has 29 heavy (non-hydrogen) atoms. The number of carboxylic acid groups (broad SMARTS) is 1. The zero-order valence-corrected chi connectivity index (χ0v) is 17.7. The van der Waals surface area contributed by atoms with E-state index in [0.29, 0.717) is 28.9 Å². The van der Waals surface area contributed by atoms with Crippen LogP contribution in [0.4, 0.5) is 0 Å². The van der Waals surface area contributed by atoms with Gasteiger partial charge in [-0.05, 0) is 92.6 Å². The van der Waals surface area contributed by atoms with Crippen LogP contribution in [0.25, 0.3) is 11.0 Å².